The van der Waals surface area contributed by atoms with Crippen molar-refractivity contribution in [3.8, 4) is 0 Å². The zero-order valence-electron chi connectivity index (χ0n) is 18.5. The van der Waals surface area contributed by atoms with Crippen molar-refractivity contribution in [3.05, 3.63) is 70.8 Å². The first-order valence-corrected chi connectivity index (χ1v) is 10.6. The van der Waals surface area contributed by atoms with E-state index < -0.39 is 30.5 Å². The number of rotatable bonds is 10. The molecule has 2 rings (SSSR count). The first-order chi connectivity index (χ1) is 15.6. The Labute approximate surface area is 190 Å². The van der Waals surface area contributed by atoms with E-state index in [9.17, 15) is 32.7 Å². The summed E-state index contributed by atoms with van der Waals surface area (Å²) in [5, 5.41) is 12.2. The number of aliphatic carboxylic acids is 1. The summed E-state index contributed by atoms with van der Waals surface area (Å²) in [5.74, 6) is -2.30. The quantitative estimate of drug-likeness (QED) is 0.538. The minimum absolute atomic E-state index is 0.0980. The van der Waals surface area contributed by atoms with Crippen LogP contribution >= 0.6 is 0 Å². The Kier molecular flexibility index (Phi) is 9.02. The predicted octanol–water partition coefficient (Wildman–Crippen LogP) is 4.61. The monoisotopic (exact) mass is 464 g/mol. The molecule has 1 atom stereocenters. The van der Waals surface area contributed by atoms with Gasteiger partial charge in [-0.2, -0.15) is 13.2 Å². The van der Waals surface area contributed by atoms with Crippen LogP contribution in [0.5, 0.6) is 0 Å². The summed E-state index contributed by atoms with van der Waals surface area (Å²) < 4.78 is 38.1. The zero-order valence-corrected chi connectivity index (χ0v) is 18.5. The highest BCUT2D eigenvalue weighted by molar-refractivity contribution is 5.97. The third kappa shape index (κ3) is 7.34. The van der Waals surface area contributed by atoms with Gasteiger partial charge in [-0.15, -0.1) is 0 Å². The molecule has 0 spiro atoms. The number of hydrogen-bond acceptors (Lipinski definition) is 3. The molecule has 33 heavy (non-hydrogen) atoms. The topological polar surface area (TPSA) is 86.7 Å². The number of aryl methyl sites for hydroxylation is 1. The number of carboxylic acid groups (broad SMARTS) is 1. The van der Waals surface area contributed by atoms with Crippen LogP contribution in [-0.2, 0) is 11.2 Å². The molecule has 0 saturated heterocycles. The summed E-state index contributed by atoms with van der Waals surface area (Å²) in [6.45, 7) is 4.51. The summed E-state index contributed by atoms with van der Waals surface area (Å²) in [6.07, 6.45) is -5.78. The lowest BCUT2D eigenvalue weighted by molar-refractivity contribution is -0.139. The van der Waals surface area contributed by atoms with Crippen LogP contribution in [0.25, 0.3) is 0 Å². The molecule has 2 aromatic carbocycles. The lowest BCUT2D eigenvalue weighted by Crippen LogP contribution is -2.35. The van der Waals surface area contributed by atoms with E-state index in [-0.39, 0.29) is 41.0 Å². The van der Waals surface area contributed by atoms with Crippen molar-refractivity contribution in [2.24, 2.45) is 0 Å². The number of benzene rings is 2. The molecule has 6 nitrogen and oxygen atoms in total. The van der Waals surface area contributed by atoms with E-state index in [0.717, 1.165) is 0 Å². The van der Waals surface area contributed by atoms with Gasteiger partial charge in [0.2, 0.25) is 0 Å². The Morgan fingerprint density at radius 2 is 1.64 bits per heavy atom. The Morgan fingerprint density at radius 1 is 1.00 bits per heavy atom. The van der Waals surface area contributed by atoms with Gasteiger partial charge in [0, 0.05) is 30.6 Å². The minimum Gasteiger partial charge on any atom is -0.479 e. The molecule has 0 aliphatic carbocycles. The number of alkyl halides is 3. The molecule has 0 heterocycles. The Bertz CT molecular complexity index is 973. The molecular formula is C24H27F3N2O4. The van der Waals surface area contributed by atoms with Crippen LogP contribution < -0.4 is 5.32 Å². The van der Waals surface area contributed by atoms with Gasteiger partial charge >= 0.3 is 12.1 Å². The molecule has 2 amide bonds. The highest BCUT2D eigenvalue weighted by atomic mass is 19.4. The molecule has 0 aromatic heterocycles. The van der Waals surface area contributed by atoms with Crippen molar-refractivity contribution in [2.75, 3.05) is 13.1 Å². The fraction of sp³-hybridized carbons (Fsp3) is 0.375. The molecule has 0 radical (unpaired) electrons. The van der Waals surface area contributed by atoms with E-state index >= 15 is 0 Å². The fourth-order valence-corrected chi connectivity index (χ4v) is 3.49. The van der Waals surface area contributed by atoms with Crippen molar-refractivity contribution in [3.63, 3.8) is 0 Å². The number of nitrogens with zero attached hydrogens (tertiary/aromatic N) is 1. The number of amides is 2. The summed E-state index contributed by atoms with van der Waals surface area (Å²) in [4.78, 5) is 38.8. The van der Waals surface area contributed by atoms with Crippen LogP contribution in [0, 0.1) is 0 Å². The lowest BCUT2D eigenvalue weighted by Gasteiger charge is -2.22. The second kappa shape index (κ2) is 11.5. The minimum atomic E-state index is -4.36. The number of carbonyl (C=O) groups excluding carboxylic acids is 2. The summed E-state index contributed by atoms with van der Waals surface area (Å²) in [6, 6.07) is 10.8. The molecule has 0 bridgehead atoms. The maximum absolute atomic E-state index is 12.7. The number of nitrogens with one attached hydrogen (secondary N) is 1. The number of hydrogen-bond donors (Lipinski definition) is 2. The molecule has 0 aliphatic rings. The van der Waals surface area contributed by atoms with Crippen molar-refractivity contribution < 1.29 is 32.7 Å². The van der Waals surface area contributed by atoms with E-state index in [2.05, 4.69) is 5.32 Å². The standard InChI is InChI=1S/C24H27F3N2O4/c1-3-29(4-2)22(31)18-12-13-19(17(15-18)11-8-14-24(25,26)27)20(23(32)33)28-21(30)16-9-6-5-7-10-16/h5-7,9-10,12-13,15,20H,3-4,8,11,14H2,1-2H3,(H,28,30)(H,32,33). The first-order valence-electron chi connectivity index (χ1n) is 10.6. The molecule has 0 aliphatic heterocycles. The van der Waals surface area contributed by atoms with E-state index in [4.69, 9.17) is 0 Å². The third-order valence-electron chi connectivity index (χ3n) is 5.22. The largest absolute Gasteiger partial charge is 0.479 e. The van der Waals surface area contributed by atoms with Gasteiger partial charge in [0.25, 0.3) is 11.8 Å². The highest BCUT2D eigenvalue weighted by Gasteiger charge is 2.29. The number of halogens is 3. The Hall–Kier alpha value is -3.36. The van der Waals surface area contributed by atoms with E-state index in [1.807, 2.05) is 0 Å². The SMILES string of the molecule is CCN(CC)C(=O)c1ccc(C(NC(=O)c2ccccc2)C(=O)O)c(CCCC(F)(F)F)c1. The molecule has 1 unspecified atom stereocenters. The molecule has 2 N–H and O–H groups in total. The normalized spacial score (nSPS) is 12.2. The van der Waals surface area contributed by atoms with Gasteiger partial charge in [-0.25, -0.2) is 4.79 Å². The van der Waals surface area contributed by atoms with Crippen LogP contribution in [0.4, 0.5) is 13.2 Å². The third-order valence-corrected chi connectivity index (χ3v) is 5.22. The van der Waals surface area contributed by atoms with Crippen molar-refractivity contribution in [2.45, 2.75) is 45.3 Å². The predicted molar refractivity (Wildman–Crippen MR) is 117 cm³/mol. The van der Waals surface area contributed by atoms with Crippen molar-refractivity contribution in [1.82, 2.24) is 10.2 Å². The molecule has 2 aromatic rings. The molecule has 9 heteroatoms. The summed E-state index contributed by atoms with van der Waals surface area (Å²) in [7, 11) is 0. The first kappa shape index (κ1) is 25.9. The van der Waals surface area contributed by atoms with Crippen LogP contribution in [-0.4, -0.2) is 47.1 Å². The molecule has 178 valence electrons. The Morgan fingerprint density at radius 3 is 2.18 bits per heavy atom. The number of carboxylic acids is 1. The van der Waals surface area contributed by atoms with Crippen molar-refractivity contribution in [1.29, 1.82) is 0 Å². The lowest BCUT2D eigenvalue weighted by atomic mass is 9.93. The zero-order chi connectivity index (χ0) is 24.6. The number of carbonyl (C=O) groups is 3. The van der Waals surface area contributed by atoms with Gasteiger partial charge in [0.15, 0.2) is 6.04 Å². The van der Waals surface area contributed by atoms with E-state index in [0.29, 0.717) is 13.1 Å². The van der Waals surface area contributed by atoms with Gasteiger partial charge in [-0.05, 0) is 62.1 Å². The van der Waals surface area contributed by atoms with Crippen LogP contribution in [0.15, 0.2) is 48.5 Å². The van der Waals surface area contributed by atoms with Gasteiger partial charge in [-0.1, -0.05) is 24.3 Å². The van der Waals surface area contributed by atoms with Crippen LogP contribution in [0.1, 0.15) is 64.6 Å². The van der Waals surface area contributed by atoms with E-state index in [1.54, 1.807) is 36.9 Å². The van der Waals surface area contributed by atoms with Crippen LogP contribution in [0.2, 0.25) is 0 Å². The van der Waals surface area contributed by atoms with E-state index in [1.165, 1.54) is 30.3 Å². The maximum atomic E-state index is 12.7. The second-order valence-corrected chi connectivity index (χ2v) is 7.47. The average Bonchev–Trinajstić information content (AvgIpc) is 2.77. The molecule has 0 saturated carbocycles. The van der Waals surface area contributed by atoms with Crippen LogP contribution in [0.3, 0.4) is 0 Å². The summed E-state index contributed by atoms with van der Waals surface area (Å²) >= 11 is 0. The smallest absolute Gasteiger partial charge is 0.389 e. The average molecular weight is 464 g/mol. The van der Waals surface area contributed by atoms with Gasteiger partial charge in [0.05, 0.1) is 0 Å². The highest BCUT2D eigenvalue weighted by Crippen LogP contribution is 2.27. The van der Waals surface area contributed by atoms with Gasteiger partial charge in [-0.3, -0.25) is 9.59 Å². The van der Waals surface area contributed by atoms with Crippen molar-refractivity contribution >= 4 is 17.8 Å². The molecule has 0 fully saturated rings. The van der Waals surface area contributed by atoms with Gasteiger partial charge in [0.1, 0.15) is 0 Å². The Balaban J connectivity index is 2.42. The fourth-order valence-electron chi connectivity index (χ4n) is 3.49. The molecular weight excluding hydrogens is 437 g/mol. The summed E-state index contributed by atoms with van der Waals surface area (Å²) in [5.41, 5.74) is 0.918. The second-order valence-electron chi connectivity index (χ2n) is 7.47. The maximum Gasteiger partial charge on any atom is 0.389 e. The van der Waals surface area contributed by atoms with Gasteiger partial charge < -0.3 is 15.3 Å².